The first kappa shape index (κ1) is 21.0. The maximum Gasteiger partial charge on any atom is 0.409 e. The van der Waals surface area contributed by atoms with Crippen molar-refractivity contribution in [3.05, 3.63) is 39.8 Å². The molecule has 4 rings (SSSR count). The molecule has 0 fully saturated rings. The fourth-order valence-corrected chi connectivity index (χ4v) is 4.80. The third-order valence-electron chi connectivity index (χ3n) is 5.00. The molecule has 1 N–H and O–H groups in total. The lowest BCUT2D eigenvalue weighted by molar-refractivity contribution is 0.0526. The zero-order chi connectivity index (χ0) is 22.0. The molecule has 0 aliphatic carbocycles. The average Bonchev–Trinajstić information content (AvgIpc) is 3.15. The summed E-state index contributed by atoms with van der Waals surface area (Å²) in [6.45, 7) is 3.54. The van der Waals surface area contributed by atoms with E-state index in [0.29, 0.717) is 60.4 Å². The van der Waals surface area contributed by atoms with Crippen LogP contribution in [0.3, 0.4) is 0 Å². The highest BCUT2D eigenvalue weighted by atomic mass is 32.1. The number of nitrogens with zero attached hydrogens (tertiary/aromatic N) is 1. The average molecular weight is 446 g/mol. The molecule has 0 spiro atoms. The first-order chi connectivity index (χ1) is 15.0. The Bertz CT molecular complexity index is 1030. The van der Waals surface area contributed by atoms with Crippen LogP contribution in [-0.2, 0) is 22.4 Å². The Labute approximate surface area is 182 Å². The molecule has 10 heteroatoms. The molecule has 1 aromatic carbocycles. The molecule has 164 valence electrons. The number of hydrogen-bond donors (Lipinski definition) is 1. The molecular weight excluding hydrogens is 424 g/mol. The highest BCUT2D eigenvalue weighted by Gasteiger charge is 2.31. The van der Waals surface area contributed by atoms with E-state index >= 15 is 0 Å². The normalized spacial score (nSPS) is 14.5. The van der Waals surface area contributed by atoms with Crippen molar-refractivity contribution in [2.75, 3.05) is 38.8 Å². The molecule has 2 aromatic rings. The van der Waals surface area contributed by atoms with Crippen molar-refractivity contribution in [2.24, 2.45) is 0 Å². The second-order valence-electron chi connectivity index (χ2n) is 6.88. The third kappa shape index (κ3) is 4.15. The van der Waals surface area contributed by atoms with Crippen LogP contribution in [-0.4, -0.2) is 56.3 Å². The van der Waals surface area contributed by atoms with Gasteiger partial charge in [-0.05, 0) is 37.1 Å². The fourth-order valence-electron chi connectivity index (χ4n) is 3.56. The summed E-state index contributed by atoms with van der Waals surface area (Å²) in [6.07, 6.45) is 0.0354. The lowest BCUT2D eigenvalue weighted by atomic mass is 10.0. The summed E-state index contributed by atoms with van der Waals surface area (Å²) in [5.41, 5.74) is 1.51. The topological polar surface area (TPSA) is 103 Å². The van der Waals surface area contributed by atoms with Gasteiger partial charge in [0.2, 0.25) is 0 Å². The molecular formula is C21H22N2O7S. The number of benzene rings is 1. The standard InChI is InChI=1S/C21H22N2O7S/c1-3-28-20(25)17-13-6-7-23(21(26)27-2)11-16(13)31-19(17)22-18(24)12-4-5-14-15(10-12)30-9-8-29-14/h4-5,10H,3,6-9,11H2,1-2H3,(H,22,24). The van der Waals surface area contributed by atoms with Gasteiger partial charge in [-0.1, -0.05) is 0 Å². The second kappa shape index (κ2) is 8.84. The summed E-state index contributed by atoms with van der Waals surface area (Å²) >= 11 is 1.26. The zero-order valence-electron chi connectivity index (χ0n) is 17.2. The summed E-state index contributed by atoms with van der Waals surface area (Å²) in [5.74, 6) is 0.211. The molecule has 0 atom stereocenters. The van der Waals surface area contributed by atoms with E-state index in [9.17, 15) is 14.4 Å². The molecule has 2 amide bonds. The van der Waals surface area contributed by atoms with E-state index in [2.05, 4.69) is 5.32 Å². The lowest BCUT2D eigenvalue weighted by Crippen LogP contribution is -2.35. The highest BCUT2D eigenvalue weighted by Crippen LogP contribution is 2.38. The summed E-state index contributed by atoms with van der Waals surface area (Å²) in [5, 5.41) is 3.23. The number of hydrogen-bond acceptors (Lipinski definition) is 8. The Morgan fingerprint density at radius 2 is 1.97 bits per heavy atom. The minimum Gasteiger partial charge on any atom is -0.486 e. The summed E-state index contributed by atoms with van der Waals surface area (Å²) in [6, 6.07) is 4.93. The Morgan fingerprint density at radius 1 is 1.19 bits per heavy atom. The molecule has 0 radical (unpaired) electrons. The number of amides is 2. The minimum absolute atomic E-state index is 0.216. The highest BCUT2D eigenvalue weighted by molar-refractivity contribution is 7.17. The van der Waals surface area contributed by atoms with Gasteiger partial charge in [-0.25, -0.2) is 9.59 Å². The summed E-state index contributed by atoms with van der Waals surface area (Å²) in [4.78, 5) is 39.9. The quantitative estimate of drug-likeness (QED) is 0.720. The first-order valence-electron chi connectivity index (χ1n) is 9.87. The maximum atomic E-state index is 12.9. The van der Waals surface area contributed by atoms with Crippen molar-refractivity contribution in [2.45, 2.75) is 19.9 Å². The van der Waals surface area contributed by atoms with Crippen LogP contribution in [0, 0.1) is 0 Å². The van der Waals surface area contributed by atoms with Gasteiger partial charge >= 0.3 is 12.1 Å². The van der Waals surface area contributed by atoms with Crippen LogP contribution in [0.4, 0.5) is 9.80 Å². The van der Waals surface area contributed by atoms with Crippen molar-refractivity contribution in [1.29, 1.82) is 0 Å². The Hall–Kier alpha value is -3.27. The number of methoxy groups -OCH3 is 1. The number of ether oxygens (including phenoxy) is 4. The lowest BCUT2D eigenvalue weighted by Gasteiger charge is -2.25. The van der Waals surface area contributed by atoms with Gasteiger partial charge in [0, 0.05) is 17.0 Å². The molecule has 1 aromatic heterocycles. The van der Waals surface area contributed by atoms with E-state index in [0.717, 1.165) is 10.4 Å². The van der Waals surface area contributed by atoms with Gasteiger partial charge in [0.1, 0.15) is 18.2 Å². The van der Waals surface area contributed by atoms with Crippen LogP contribution in [0.2, 0.25) is 0 Å². The largest absolute Gasteiger partial charge is 0.486 e. The van der Waals surface area contributed by atoms with E-state index in [-0.39, 0.29) is 12.5 Å². The molecule has 3 heterocycles. The fraction of sp³-hybridized carbons (Fsp3) is 0.381. The SMILES string of the molecule is CCOC(=O)c1c(NC(=O)c2ccc3c(c2)OCCO3)sc2c1CCN(C(=O)OC)C2. The van der Waals surface area contributed by atoms with Gasteiger partial charge in [-0.15, -0.1) is 11.3 Å². The second-order valence-corrected chi connectivity index (χ2v) is 7.99. The predicted octanol–water partition coefficient (Wildman–Crippen LogP) is 3.07. The minimum atomic E-state index is -0.496. The molecule has 9 nitrogen and oxygen atoms in total. The number of anilines is 1. The van der Waals surface area contributed by atoms with Crippen molar-refractivity contribution in [1.82, 2.24) is 4.90 Å². The number of carbonyl (C=O) groups is 3. The van der Waals surface area contributed by atoms with Gasteiger partial charge in [-0.2, -0.15) is 0 Å². The number of nitrogens with one attached hydrogen (secondary N) is 1. The maximum absolute atomic E-state index is 12.9. The van der Waals surface area contributed by atoms with Crippen LogP contribution < -0.4 is 14.8 Å². The van der Waals surface area contributed by atoms with E-state index < -0.39 is 12.1 Å². The monoisotopic (exact) mass is 446 g/mol. The van der Waals surface area contributed by atoms with E-state index in [1.165, 1.54) is 18.4 Å². The summed E-state index contributed by atoms with van der Waals surface area (Å²) < 4.78 is 21.1. The van der Waals surface area contributed by atoms with Crippen LogP contribution in [0.15, 0.2) is 18.2 Å². The Morgan fingerprint density at radius 3 is 2.71 bits per heavy atom. The first-order valence-corrected chi connectivity index (χ1v) is 10.7. The number of thiophene rings is 1. The molecule has 31 heavy (non-hydrogen) atoms. The van der Waals surface area contributed by atoms with Crippen LogP contribution in [0.1, 0.15) is 38.1 Å². The molecule has 0 saturated heterocycles. The van der Waals surface area contributed by atoms with Crippen molar-refractivity contribution < 1.29 is 33.3 Å². The molecule has 2 aliphatic heterocycles. The van der Waals surface area contributed by atoms with Gasteiger partial charge in [0.05, 0.1) is 25.8 Å². The van der Waals surface area contributed by atoms with Gasteiger partial charge in [0.15, 0.2) is 11.5 Å². The number of esters is 1. The van der Waals surface area contributed by atoms with Crippen molar-refractivity contribution in [3.8, 4) is 11.5 Å². The third-order valence-corrected chi connectivity index (χ3v) is 6.13. The van der Waals surface area contributed by atoms with E-state index in [1.54, 1.807) is 30.0 Å². The van der Waals surface area contributed by atoms with E-state index in [4.69, 9.17) is 18.9 Å². The van der Waals surface area contributed by atoms with Crippen LogP contribution in [0.5, 0.6) is 11.5 Å². The molecule has 0 saturated carbocycles. The van der Waals surface area contributed by atoms with E-state index in [1.807, 2.05) is 0 Å². The number of fused-ring (bicyclic) bond motifs is 2. The summed E-state index contributed by atoms with van der Waals surface area (Å²) in [7, 11) is 1.33. The predicted molar refractivity (Wildman–Crippen MR) is 112 cm³/mol. The molecule has 0 unspecified atom stereocenters. The number of carbonyl (C=O) groups excluding carboxylic acids is 3. The Balaban J connectivity index is 1.63. The smallest absolute Gasteiger partial charge is 0.409 e. The number of rotatable bonds is 4. The molecule has 0 bridgehead atoms. The van der Waals surface area contributed by atoms with Crippen LogP contribution >= 0.6 is 11.3 Å². The van der Waals surface area contributed by atoms with Crippen molar-refractivity contribution in [3.63, 3.8) is 0 Å². The van der Waals surface area contributed by atoms with Gasteiger partial charge in [-0.3, -0.25) is 4.79 Å². The van der Waals surface area contributed by atoms with Gasteiger partial charge in [0.25, 0.3) is 5.91 Å². The molecule has 2 aliphatic rings. The zero-order valence-corrected chi connectivity index (χ0v) is 18.0. The van der Waals surface area contributed by atoms with Crippen LogP contribution in [0.25, 0.3) is 0 Å². The van der Waals surface area contributed by atoms with Crippen molar-refractivity contribution >= 4 is 34.3 Å². The Kier molecular flexibility index (Phi) is 5.99. The van der Waals surface area contributed by atoms with Gasteiger partial charge < -0.3 is 29.2 Å².